The molecule has 0 amide bonds. The number of pyridine rings is 1. The van der Waals surface area contributed by atoms with Crippen molar-refractivity contribution < 1.29 is 8.42 Å². The Morgan fingerprint density at radius 2 is 1.75 bits per heavy atom. The molecule has 1 aromatic carbocycles. The first-order chi connectivity index (χ1) is 9.38. The highest BCUT2D eigenvalue weighted by Crippen LogP contribution is 2.20. The molecule has 1 N–H and O–H groups in total. The molecule has 0 spiro atoms. The second-order valence-corrected chi connectivity index (χ2v) is 7.78. The molecule has 1 atom stereocenters. The predicted octanol–water partition coefficient (Wildman–Crippen LogP) is 3.65. The Balaban J connectivity index is 2.22. The quantitative estimate of drug-likeness (QED) is 0.822. The van der Waals surface area contributed by atoms with Gasteiger partial charge >= 0.3 is 0 Å². The number of hydrogen-bond acceptors (Lipinski definition) is 3. The summed E-state index contributed by atoms with van der Waals surface area (Å²) in [5.74, 6) is 0. The molecule has 0 aliphatic heterocycles. The van der Waals surface area contributed by atoms with Crippen LogP contribution in [0.15, 0.2) is 56.6 Å². The van der Waals surface area contributed by atoms with Gasteiger partial charge in [-0.3, -0.25) is 4.98 Å². The lowest BCUT2D eigenvalue weighted by molar-refractivity contribution is 0.566. The Bertz CT molecular complexity index is 703. The van der Waals surface area contributed by atoms with E-state index in [-0.39, 0.29) is 10.9 Å². The Morgan fingerprint density at radius 3 is 2.35 bits per heavy atom. The molecule has 2 rings (SSSR count). The minimum absolute atomic E-state index is 0.135. The summed E-state index contributed by atoms with van der Waals surface area (Å²) in [5, 5.41) is 0. The van der Waals surface area contributed by atoms with Gasteiger partial charge in [0.1, 0.15) is 4.90 Å². The van der Waals surface area contributed by atoms with Gasteiger partial charge in [-0.1, -0.05) is 28.1 Å². The minimum Gasteiger partial charge on any atom is -0.262 e. The summed E-state index contributed by atoms with van der Waals surface area (Å²) >= 11 is 6.56. The average Bonchev–Trinajstić information content (AvgIpc) is 2.39. The van der Waals surface area contributed by atoms with E-state index < -0.39 is 10.0 Å². The van der Waals surface area contributed by atoms with E-state index in [1.807, 2.05) is 24.3 Å². The second-order valence-electron chi connectivity index (χ2n) is 4.23. The molecular weight excluding hydrogens is 408 g/mol. The van der Waals surface area contributed by atoms with Crippen molar-refractivity contribution in [2.24, 2.45) is 0 Å². The molecule has 106 valence electrons. The standard InChI is InChI=1S/C13H12Br2N2O2S/c1-9(10-2-4-11(14)5-3-10)17-20(18,19)13-6-12(15)7-16-8-13/h2-9,17H,1H3/t9-/m1/s1. The monoisotopic (exact) mass is 418 g/mol. The van der Waals surface area contributed by atoms with Crippen LogP contribution in [0, 0.1) is 0 Å². The van der Waals surface area contributed by atoms with Gasteiger partial charge in [0.2, 0.25) is 10.0 Å². The fourth-order valence-corrected chi connectivity index (χ4v) is 3.66. The van der Waals surface area contributed by atoms with Gasteiger partial charge in [0, 0.05) is 27.4 Å². The van der Waals surface area contributed by atoms with E-state index in [0.717, 1.165) is 10.0 Å². The molecule has 0 saturated carbocycles. The first-order valence-electron chi connectivity index (χ1n) is 5.77. The van der Waals surface area contributed by atoms with Crippen LogP contribution in [0.2, 0.25) is 0 Å². The molecule has 1 heterocycles. The van der Waals surface area contributed by atoms with E-state index in [4.69, 9.17) is 0 Å². The van der Waals surface area contributed by atoms with E-state index in [0.29, 0.717) is 4.47 Å². The first kappa shape index (κ1) is 15.6. The van der Waals surface area contributed by atoms with Crippen molar-refractivity contribution in [1.29, 1.82) is 0 Å². The molecule has 1 aromatic heterocycles. The second kappa shape index (κ2) is 6.34. The highest BCUT2D eigenvalue weighted by molar-refractivity contribution is 9.10. The molecule has 20 heavy (non-hydrogen) atoms. The number of nitrogens with one attached hydrogen (secondary N) is 1. The fourth-order valence-electron chi connectivity index (χ4n) is 1.66. The zero-order valence-corrected chi connectivity index (χ0v) is 14.5. The fraction of sp³-hybridized carbons (Fsp3) is 0.154. The number of rotatable bonds is 4. The molecule has 0 unspecified atom stereocenters. The molecule has 0 aliphatic rings. The van der Waals surface area contributed by atoms with E-state index in [1.165, 1.54) is 18.5 Å². The van der Waals surface area contributed by atoms with Gasteiger partial charge in [0.15, 0.2) is 0 Å². The van der Waals surface area contributed by atoms with Crippen LogP contribution in [-0.2, 0) is 10.0 Å². The molecule has 7 heteroatoms. The minimum atomic E-state index is -3.59. The first-order valence-corrected chi connectivity index (χ1v) is 8.84. The van der Waals surface area contributed by atoms with Crippen molar-refractivity contribution in [3.05, 3.63) is 57.2 Å². The largest absolute Gasteiger partial charge is 0.262 e. The molecule has 0 fully saturated rings. The van der Waals surface area contributed by atoms with Gasteiger partial charge in [-0.15, -0.1) is 0 Å². The lowest BCUT2D eigenvalue weighted by atomic mass is 10.1. The molecule has 0 saturated heterocycles. The number of benzene rings is 1. The van der Waals surface area contributed by atoms with Gasteiger partial charge in [0.25, 0.3) is 0 Å². The van der Waals surface area contributed by atoms with Crippen LogP contribution in [0.25, 0.3) is 0 Å². The number of nitrogens with zero attached hydrogens (tertiary/aromatic N) is 1. The Kier molecular flexibility index (Phi) is 4.95. The summed E-state index contributed by atoms with van der Waals surface area (Å²) in [6, 6.07) is 8.69. The lowest BCUT2D eigenvalue weighted by Gasteiger charge is -2.14. The van der Waals surface area contributed by atoms with Crippen LogP contribution < -0.4 is 4.72 Å². The van der Waals surface area contributed by atoms with Crippen LogP contribution in [0.3, 0.4) is 0 Å². The van der Waals surface area contributed by atoms with Crippen LogP contribution in [0.5, 0.6) is 0 Å². The smallest absolute Gasteiger partial charge is 0.242 e. The van der Waals surface area contributed by atoms with E-state index in [2.05, 4.69) is 41.6 Å². The summed E-state index contributed by atoms with van der Waals surface area (Å²) < 4.78 is 28.7. The summed E-state index contributed by atoms with van der Waals surface area (Å²) in [5.41, 5.74) is 0.889. The van der Waals surface area contributed by atoms with Crippen molar-refractivity contribution in [3.8, 4) is 0 Å². The molecule has 0 aliphatic carbocycles. The number of hydrogen-bond donors (Lipinski definition) is 1. The molecule has 2 aromatic rings. The summed E-state index contributed by atoms with van der Waals surface area (Å²) in [7, 11) is -3.59. The van der Waals surface area contributed by atoms with Gasteiger partial charge in [-0.25, -0.2) is 13.1 Å². The third kappa shape index (κ3) is 3.88. The summed E-state index contributed by atoms with van der Waals surface area (Å²) in [6.45, 7) is 1.80. The maximum absolute atomic E-state index is 12.3. The van der Waals surface area contributed by atoms with Crippen LogP contribution in [0.1, 0.15) is 18.5 Å². The highest BCUT2D eigenvalue weighted by Gasteiger charge is 2.18. The topological polar surface area (TPSA) is 59.1 Å². The van der Waals surface area contributed by atoms with Crippen molar-refractivity contribution in [2.45, 2.75) is 17.9 Å². The third-order valence-corrected chi connectivity index (χ3v) is 5.16. The maximum atomic E-state index is 12.3. The van der Waals surface area contributed by atoms with Gasteiger partial charge in [-0.05, 0) is 46.6 Å². The summed E-state index contributed by atoms with van der Waals surface area (Å²) in [4.78, 5) is 4.00. The maximum Gasteiger partial charge on any atom is 0.242 e. The molecular formula is C13H12Br2N2O2S. The van der Waals surface area contributed by atoms with Crippen LogP contribution in [0.4, 0.5) is 0 Å². The van der Waals surface area contributed by atoms with E-state index >= 15 is 0 Å². The molecule has 0 radical (unpaired) electrons. The normalized spacial score (nSPS) is 13.2. The number of aromatic nitrogens is 1. The van der Waals surface area contributed by atoms with E-state index in [1.54, 1.807) is 6.92 Å². The van der Waals surface area contributed by atoms with Crippen molar-refractivity contribution in [3.63, 3.8) is 0 Å². The SMILES string of the molecule is C[C@@H](NS(=O)(=O)c1cncc(Br)c1)c1ccc(Br)cc1. The van der Waals surface area contributed by atoms with E-state index in [9.17, 15) is 8.42 Å². The Hall–Kier alpha value is -0.760. The average molecular weight is 420 g/mol. The molecule has 4 nitrogen and oxygen atoms in total. The summed E-state index contributed by atoms with van der Waals surface area (Å²) in [6.07, 6.45) is 2.86. The van der Waals surface area contributed by atoms with Gasteiger partial charge < -0.3 is 0 Å². The third-order valence-electron chi connectivity index (χ3n) is 2.69. The van der Waals surface area contributed by atoms with Crippen LogP contribution in [-0.4, -0.2) is 13.4 Å². The number of sulfonamides is 1. The lowest BCUT2D eigenvalue weighted by Crippen LogP contribution is -2.27. The molecule has 0 bridgehead atoms. The number of halogens is 2. The van der Waals surface area contributed by atoms with Crippen molar-refractivity contribution in [2.75, 3.05) is 0 Å². The van der Waals surface area contributed by atoms with Crippen molar-refractivity contribution >= 4 is 41.9 Å². The zero-order valence-electron chi connectivity index (χ0n) is 10.5. The van der Waals surface area contributed by atoms with Gasteiger partial charge in [0.05, 0.1) is 0 Å². The zero-order chi connectivity index (χ0) is 14.8. The van der Waals surface area contributed by atoms with Gasteiger partial charge in [-0.2, -0.15) is 0 Å². The van der Waals surface area contributed by atoms with Crippen molar-refractivity contribution in [1.82, 2.24) is 9.71 Å². The predicted molar refractivity (Wildman–Crippen MR) is 84.8 cm³/mol. The Labute approximate surface area is 134 Å². The Morgan fingerprint density at radius 1 is 1.10 bits per heavy atom. The van der Waals surface area contributed by atoms with Crippen LogP contribution >= 0.6 is 31.9 Å². The highest BCUT2D eigenvalue weighted by atomic mass is 79.9.